The molecule has 2 aromatic rings. The zero-order chi connectivity index (χ0) is 13.1. The fourth-order valence-electron chi connectivity index (χ4n) is 1.72. The molecule has 0 spiro atoms. The third kappa shape index (κ3) is 2.53. The summed E-state index contributed by atoms with van der Waals surface area (Å²) < 4.78 is 0. The lowest BCUT2D eigenvalue weighted by atomic mass is 10.0. The average molecular weight is 262 g/mol. The summed E-state index contributed by atoms with van der Waals surface area (Å²) in [6.45, 7) is 0. The molecule has 3 nitrogen and oxygen atoms in total. The maximum absolute atomic E-state index is 10.8. The first kappa shape index (κ1) is 12.6. The van der Waals surface area contributed by atoms with Crippen LogP contribution in [0.1, 0.15) is 11.6 Å². The second-order valence-corrected chi connectivity index (χ2v) is 4.33. The fourth-order valence-corrected chi connectivity index (χ4v) is 2.02. The second kappa shape index (κ2) is 5.21. The second-order valence-electron chi connectivity index (χ2n) is 3.92. The number of hydrogen-bond donors (Lipinski definition) is 2. The Hall–Kier alpha value is -1.84. The van der Waals surface area contributed by atoms with Gasteiger partial charge in [-0.2, -0.15) is 0 Å². The molecule has 0 radical (unpaired) electrons. The summed E-state index contributed by atoms with van der Waals surface area (Å²) >= 11 is 6.16. The smallest absolute Gasteiger partial charge is 0.325 e. The third-order valence-electron chi connectivity index (χ3n) is 2.70. The van der Waals surface area contributed by atoms with Gasteiger partial charge in [0.25, 0.3) is 0 Å². The molecule has 0 amide bonds. The van der Waals surface area contributed by atoms with Crippen molar-refractivity contribution in [3.8, 4) is 11.1 Å². The summed E-state index contributed by atoms with van der Waals surface area (Å²) in [4.78, 5) is 10.8. The molecular weight excluding hydrogens is 250 g/mol. The monoisotopic (exact) mass is 261 g/mol. The van der Waals surface area contributed by atoms with Crippen molar-refractivity contribution in [2.75, 3.05) is 0 Å². The molecule has 4 heteroatoms. The summed E-state index contributed by atoms with van der Waals surface area (Å²) in [5, 5.41) is 9.34. The van der Waals surface area contributed by atoms with Crippen LogP contribution in [-0.2, 0) is 4.79 Å². The topological polar surface area (TPSA) is 63.3 Å². The Bertz CT molecular complexity index is 569. The van der Waals surface area contributed by atoms with Gasteiger partial charge in [0.2, 0.25) is 0 Å². The highest BCUT2D eigenvalue weighted by atomic mass is 35.5. The Labute approximate surface area is 110 Å². The van der Waals surface area contributed by atoms with Gasteiger partial charge in [-0.05, 0) is 17.2 Å². The van der Waals surface area contributed by atoms with Gasteiger partial charge in [0.05, 0.1) is 0 Å². The first-order valence-corrected chi connectivity index (χ1v) is 5.80. The summed E-state index contributed by atoms with van der Waals surface area (Å²) in [5.41, 5.74) is 7.87. The maximum Gasteiger partial charge on any atom is 0.325 e. The minimum Gasteiger partial charge on any atom is -0.480 e. The number of aliphatic carboxylic acids is 1. The van der Waals surface area contributed by atoms with Crippen molar-refractivity contribution in [1.29, 1.82) is 0 Å². The van der Waals surface area contributed by atoms with Crippen molar-refractivity contribution in [1.82, 2.24) is 0 Å². The molecule has 0 fully saturated rings. The van der Waals surface area contributed by atoms with E-state index in [9.17, 15) is 4.79 Å². The van der Waals surface area contributed by atoms with Gasteiger partial charge in [-0.3, -0.25) is 4.79 Å². The molecule has 18 heavy (non-hydrogen) atoms. The SMILES string of the molecule is NC(C(=O)O)c1ccc(-c2ccccc2)c(Cl)c1. The van der Waals surface area contributed by atoms with E-state index < -0.39 is 12.0 Å². The van der Waals surface area contributed by atoms with E-state index >= 15 is 0 Å². The van der Waals surface area contributed by atoms with Gasteiger partial charge in [-0.25, -0.2) is 0 Å². The normalized spacial score (nSPS) is 12.1. The van der Waals surface area contributed by atoms with E-state index in [1.54, 1.807) is 18.2 Å². The van der Waals surface area contributed by atoms with Gasteiger partial charge in [0.1, 0.15) is 6.04 Å². The summed E-state index contributed by atoms with van der Waals surface area (Å²) in [5.74, 6) is -1.07. The number of carboxylic acids is 1. The predicted molar refractivity (Wildman–Crippen MR) is 71.5 cm³/mol. The van der Waals surface area contributed by atoms with E-state index in [0.717, 1.165) is 11.1 Å². The number of nitrogens with two attached hydrogens (primary N) is 1. The highest BCUT2D eigenvalue weighted by molar-refractivity contribution is 6.33. The molecule has 3 N–H and O–H groups in total. The Morgan fingerprint density at radius 3 is 2.39 bits per heavy atom. The van der Waals surface area contributed by atoms with Gasteiger partial charge in [-0.1, -0.05) is 54.1 Å². The van der Waals surface area contributed by atoms with Crippen molar-refractivity contribution >= 4 is 17.6 Å². The minimum absolute atomic E-state index is 0.493. The first-order valence-electron chi connectivity index (χ1n) is 5.43. The van der Waals surface area contributed by atoms with Crippen LogP contribution >= 0.6 is 11.6 Å². The molecular formula is C14H12ClNO2. The van der Waals surface area contributed by atoms with E-state index in [1.807, 2.05) is 30.3 Å². The Morgan fingerprint density at radius 1 is 1.17 bits per heavy atom. The van der Waals surface area contributed by atoms with E-state index in [-0.39, 0.29) is 0 Å². The van der Waals surface area contributed by atoms with Gasteiger partial charge >= 0.3 is 5.97 Å². The average Bonchev–Trinajstić information content (AvgIpc) is 2.38. The number of carboxylic acid groups (broad SMARTS) is 1. The molecule has 2 aromatic carbocycles. The quantitative estimate of drug-likeness (QED) is 0.892. The third-order valence-corrected chi connectivity index (χ3v) is 3.02. The van der Waals surface area contributed by atoms with Gasteiger partial charge < -0.3 is 10.8 Å². The van der Waals surface area contributed by atoms with Crippen molar-refractivity contribution in [3.05, 3.63) is 59.1 Å². The lowest BCUT2D eigenvalue weighted by Gasteiger charge is -2.10. The van der Waals surface area contributed by atoms with Crippen LogP contribution in [0, 0.1) is 0 Å². The summed E-state index contributed by atoms with van der Waals surface area (Å²) in [6.07, 6.45) is 0. The maximum atomic E-state index is 10.8. The van der Waals surface area contributed by atoms with Crippen molar-refractivity contribution in [2.45, 2.75) is 6.04 Å². The van der Waals surface area contributed by atoms with Crippen molar-refractivity contribution in [3.63, 3.8) is 0 Å². The van der Waals surface area contributed by atoms with Crippen LogP contribution < -0.4 is 5.73 Å². The molecule has 92 valence electrons. The molecule has 2 rings (SSSR count). The zero-order valence-corrected chi connectivity index (χ0v) is 10.3. The van der Waals surface area contributed by atoms with Gasteiger partial charge in [-0.15, -0.1) is 0 Å². The van der Waals surface area contributed by atoms with E-state index in [2.05, 4.69) is 0 Å². The summed E-state index contributed by atoms with van der Waals surface area (Å²) in [6, 6.07) is 13.7. The van der Waals surface area contributed by atoms with Crippen LogP contribution in [0.2, 0.25) is 5.02 Å². The molecule has 0 bridgehead atoms. The Balaban J connectivity index is 2.40. The number of benzene rings is 2. The van der Waals surface area contributed by atoms with Crippen molar-refractivity contribution in [2.24, 2.45) is 5.73 Å². The molecule has 1 atom stereocenters. The van der Waals surface area contributed by atoms with Crippen LogP contribution in [-0.4, -0.2) is 11.1 Å². The summed E-state index contributed by atoms with van der Waals surface area (Å²) in [7, 11) is 0. The minimum atomic E-state index is -1.07. The van der Waals surface area contributed by atoms with Crippen LogP contribution in [0.5, 0.6) is 0 Å². The number of rotatable bonds is 3. The first-order chi connectivity index (χ1) is 8.59. The van der Waals surface area contributed by atoms with Crippen LogP contribution in [0.4, 0.5) is 0 Å². The Kier molecular flexibility index (Phi) is 3.65. The largest absolute Gasteiger partial charge is 0.480 e. The number of carbonyl (C=O) groups is 1. The molecule has 0 aliphatic rings. The number of hydrogen-bond acceptors (Lipinski definition) is 2. The molecule has 0 aliphatic heterocycles. The van der Waals surface area contributed by atoms with Crippen LogP contribution in [0.25, 0.3) is 11.1 Å². The van der Waals surface area contributed by atoms with Crippen LogP contribution in [0.15, 0.2) is 48.5 Å². The highest BCUT2D eigenvalue weighted by Gasteiger charge is 2.15. The molecule has 0 aromatic heterocycles. The zero-order valence-electron chi connectivity index (χ0n) is 9.51. The van der Waals surface area contributed by atoms with Crippen molar-refractivity contribution < 1.29 is 9.90 Å². The lowest BCUT2D eigenvalue weighted by molar-refractivity contribution is -0.138. The lowest BCUT2D eigenvalue weighted by Crippen LogP contribution is -2.20. The molecule has 0 heterocycles. The standard InChI is InChI=1S/C14H12ClNO2/c15-12-8-10(13(16)14(17)18)6-7-11(12)9-4-2-1-3-5-9/h1-8,13H,16H2,(H,17,18). The predicted octanol–water partition coefficient (Wildman–Crippen LogP) is 3.09. The Morgan fingerprint density at radius 2 is 1.83 bits per heavy atom. The van der Waals surface area contributed by atoms with E-state index in [4.69, 9.17) is 22.4 Å². The van der Waals surface area contributed by atoms with E-state index in [0.29, 0.717) is 10.6 Å². The van der Waals surface area contributed by atoms with Gasteiger partial charge in [0.15, 0.2) is 0 Å². The van der Waals surface area contributed by atoms with Gasteiger partial charge in [0, 0.05) is 10.6 Å². The fraction of sp³-hybridized carbons (Fsp3) is 0.0714. The molecule has 1 unspecified atom stereocenters. The van der Waals surface area contributed by atoms with Crippen LogP contribution in [0.3, 0.4) is 0 Å². The van der Waals surface area contributed by atoms with E-state index in [1.165, 1.54) is 0 Å². The highest BCUT2D eigenvalue weighted by Crippen LogP contribution is 2.29. The number of halogens is 1. The molecule has 0 aliphatic carbocycles. The molecule has 0 saturated carbocycles. The molecule has 0 saturated heterocycles.